The van der Waals surface area contributed by atoms with Crippen LogP contribution in [0.1, 0.15) is 49.4 Å². The number of hydrogen-bond donors (Lipinski definition) is 1. The van der Waals surface area contributed by atoms with Crippen LogP contribution in [0.5, 0.6) is 0 Å². The molecule has 0 aromatic heterocycles. The van der Waals surface area contributed by atoms with Gasteiger partial charge < -0.3 is 4.74 Å². The van der Waals surface area contributed by atoms with Gasteiger partial charge in [0.15, 0.2) is 0 Å². The summed E-state index contributed by atoms with van der Waals surface area (Å²) >= 11 is 10.3. The Balaban J connectivity index is 2.09. The molecule has 2 atom stereocenters. The molecule has 4 heteroatoms. The summed E-state index contributed by atoms with van der Waals surface area (Å²) in [6.07, 6.45) is 5.56. The van der Waals surface area contributed by atoms with Crippen molar-refractivity contribution in [1.82, 2.24) is 0 Å². The van der Waals surface area contributed by atoms with Crippen LogP contribution in [0.25, 0.3) is 0 Å². The summed E-state index contributed by atoms with van der Waals surface area (Å²) < 4.78 is 5.66. The highest BCUT2D eigenvalue weighted by molar-refractivity contribution is 7.80. The number of halogens is 1. The zero-order valence-corrected chi connectivity index (χ0v) is 12.7. The monoisotopic (exact) mass is 298 g/mol. The summed E-state index contributed by atoms with van der Waals surface area (Å²) in [5, 5.41) is 0.423. The zero-order valence-electron chi connectivity index (χ0n) is 11.1. The molecule has 0 aliphatic heterocycles. The van der Waals surface area contributed by atoms with E-state index in [-0.39, 0.29) is 12.1 Å². The van der Waals surface area contributed by atoms with Gasteiger partial charge in [-0.3, -0.25) is 0 Å². The van der Waals surface area contributed by atoms with Crippen molar-refractivity contribution >= 4 is 30.2 Å². The highest BCUT2D eigenvalue weighted by Gasteiger charge is 2.27. The number of ether oxygens (including phenoxy) is 1. The van der Waals surface area contributed by atoms with Crippen LogP contribution in [0.4, 0.5) is 0 Å². The van der Waals surface area contributed by atoms with E-state index in [0.717, 1.165) is 25.7 Å². The fourth-order valence-electron chi connectivity index (χ4n) is 2.67. The van der Waals surface area contributed by atoms with Gasteiger partial charge in [0, 0.05) is 4.90 Å². The van der Waals surface area contributed by atoms with Gasteiger partial charge in [0.1, 0.15) is 6.10 Å². The van der Waals surface area contributed by atoms with Gasteiger partial charge in [-0.05, 0) is 49.8 Å². The van der Waals surface area contributed by atoms with Gasteiger partial charge in [0.25, 0.3) is 0 Å². The van der Waals surface area contributed by atoms with E-state index in [0.29, 0.717) is 21.4 Å². The molecule has 1 aromatic carbocycles. The number of carbonyl (C=O) groups is 1. The lowest BCUT2D eigenvalue weighted by atomic mass is 9.85. The average Bonchev–Trinajstić information content (AvgIpc) is 2.42. The third kappa shape index (κ3) is 3.67. The van der Waals surface area contributed by atoms with Crippen LogP contribution in [0.15, 0.2) is 23.1 Å². The minimum atomic E-state index is -0.328. The first-order chi connectivity index (χ1) is 9.11. The number of esters is 1. The van der Waals surface area contributed by atoms with Crippen LogP contribution >= 0.6 is 24.2 Å². The Hall–Kier alpha value is -0.670. The first-order valence-electron chi connectivity index (χ1n) is 6.81. The SMILES string of the molecule is CCC1CCCCC1OC(=O)c1cc(S)ccc1Cl. The Morgan fingerprint density at radius 2 is 2.16 bits per heavy atom. The number of benzene rings is 1. The van der Waals surface area contributed by atoms with Crippen molar-refractivity contribution in [2.24, 2.45) is 5.92 Å². The first kappa shape index (κ1) is 14.7. The topological polar surface area (TPSA) is 26.3 Å². The van der Waals surface area contributed by atoms with Crippen molar-refractivity contribution in [2.45, 2.75) is 50.0 Å². The molecule has 2 rings (SSSR count). The van der Waals surface area contributed by atoms with Crippen molar-refractivity contribution in [3.05, 3.63) is 28.8 Å². The molecule has 0 amide bonds. The Kier molecular flexibility index (Phi) is 5.17. The zero-order chi connectivity index (χ0) is 13.8. The Labute approximate surface area is 124 Å². The summed E-state index contributed by atoms with van der Waals surface area (Å²) in [6, 6.07) is 5.11. The quantitative estimate of drug-likeness (QED) is 0.643. The number of carbonyl (C=O) groups excluding carboxylic acids is 1. The van der Waals surface area contributed by atoms with Gasteiger partial charge in [-0.25, -0.2) is 4.79 Å². The third-order valence-corrected chi connectivity index (χ3v) is 4.40. The van der Waals surface area contributed by atoms with Gasteiger partial charge >= 0.3 is 5.97 Å². The molecule has 2 unspecified atom stereocenters. The predicted molar refractivity (Wildman–Crippen MR) is 80.2 cm³/mol. The molecule has 2 nitrogen and oxygen atoms in total. The smallest absolute Gasteiger partial charge is 0.339 e. The fraction of sp³-hybridized carbons (Fsp3) is 0.533. The van der Waals surface area contributed by atoms with Crippen LogP contribution in [-0.2, 0) is 4.74 Å². The van der Waals surface area contributed by atoms with E-state index in [9.17, 15) is 4.79 Å². The van der Waals surface area contributed by atoms with Gasteiger partial charge in [-0.2, -0.15) is 0 Å². The van der Waals surface area contributed by atoms with E-state index in [1.165, 1.54) is 6.42 Å². The van der Waals surface area contributed by atoms with Gasteiger partial charge in [0.05, 0.1) is 10.6 Å². The van der Waals surface area contributed by atoms with Gasteiger partial charge in [-0.15, -0.1) is 12.6 Å². The summed E-state index contributed by atoms with van der Waals surface area (Å²) in [6.45, 7) is 2.15. The van der Waals surface area contributed by atoms with Crippen molar-refractivity contribution in [3.63, 3.8) is 0 Å². The molecule has 1 aliphatic rings. The molecule has 0 heterocycles. The second-order valence-electron chi connectivity index (χ2n) is 5.06. The summed E-state index contributed by atoms with van der Waals surface area (Å²) in [7, 11) is 0. The van der Waals surface area contributed by atoms with Crippen molar-refractivity contribution in [1.29, 1.82) is 0 Å². The maximum Gasteiger partial charge on any atom is 0.339 e. The molecule has 0 radical (unpaired) electrons. The van der Waals surface area contributed by atoms with Crippen LogP contribution in [0.2, 0.25) is 5.02 Å². The molecule has 0 saturated heterocycles. The number of thiol groups is 1. The van der Waals surface area contributed by atoms with Gasteiger partial charge in [0.2, 0.25) is 0 Å². The predicted octanol–water partition coefficient (Wildman–Crippen LogP) is 4.75. The Bertz CT molecular complexity index is 461. The molecule has 1 aliphatic carbocycles. The Morgan fingerprint density at radius 1 is 1.42 bits per heavy atom. The van der Waals surface area contributed by atoms with E-state index in [1.807, 2.05) is 0 Å². The largest absolute Gasteiger partial charge is 0.458 e. The molecule has 0 bridgehead atoms. The van der Waals surface area contributed by atoms with Crippen molar-refractivity contribution < 1.29 is 9.53 Å². The number of rotatable bonds is 3. The van der Waals surface area contributed by atoms with Crippen LogP contribution in [-0.4, -0.2) is 12.1 Å². The van der Waals surface area contributed by atoms with Crippen LogP contribution in [0, 0.1) is 5.92 Å². The molecule has 1 saturated carbocycles. The molecule has 19 heavy (non-hydrogen) atoms. The molecule has 0 N–H and O–H groups in total. The second kappa shape index (κ2) is 6.67. The highest BCUT2D eigenvalue weighted by Crippen LogP contribution is 2.30. The van der Waals surface area contributed by atoms with Crippen LogP contribution in [0.3, 0.4) is 0 Å². The standard InChI is InChI=1S/C15H19ClO2S/c1-2-10-5-3-4-6-14(10)18-15(17)12-9-11(19)7-8-13(12)16/h7-10,14,19H,2-6H2,1H3. The van der Waals surface area contributed by atoms with Gasteiger partial charge in [-0.1, -0.05) is 24.9 Å². The van der Waals surface area contributed by atoms with E-state index in [2.05, 4.69) is 19.6 Å². The fourth-order valence-corrected chi connectivity index (χ4v) is 3.06. The van der Waals surface area contributed by atoms with Crippen molar-refractivity contribution in [2.75, 3.05) is 0 Å². The van der Waals surface area contributed by atoms with E-state index >= 15 is 0 Å². The minimum absolute atomic E-state index is 0.0332. The summed E-state index contributed by atoms with van der Waals surface area (Å²) in [5.41, 5.74) is 0.412. The molecule has 104 valence electrons. The van der Waals surface area contributed by atoms with E-state index in [1.54, 1.807) is 18.2 Å². The summed E-state index contributed by atoms with van der Waals surface area (Å²) in [5.74, 6) is 0.155. The van der Waals surface area contributed by atoms with E-state index < -0.39 is 0 Å². The number of hydrogen-bond acceptors (Lipinski definition) is 3. The lowest BCUT2D eigenvalue weighted by Gasteiger charge is -2.30. The molecule has 0 spiro atoms. The second-order valence-corrected chi connectivity index (χ2v) is 5.98. The normalized spacial score (nSPS) is 23.1. The third-order valence-electron chi connectivity index (χ3n) is 3.79. The maximum atomic E-state index is 12.2. The lowest BCUT2D eigenvalue weighted by molar-refractivity contribution is 0.000704. The minimum Gasteiger partial charge on any atom is -0.458 e. The average molecular weight is 299 g/mol. The molecular formula is C15H19ClO2S. The van der Waals surface area contributed by atoms with Crippen LogP contribution < -0.4 is 0 Å². The van der Waals surface area contributed by atoms with E-state index in [4.69, 9.17) is 16.3 Å². The van der Waals surface area contributed by atoms with Crippen molar-refractivity contribution in [3.8, 4) is 0 Å². The Morgan fingerprint density at radius 3 is 2.89 bits per heavy atom. The maximum absolute atomic E-state index is 12.2. The summed E-state index contributed by atoms with van der Waals surface area (Å²) in [4.78, 5) is 12.9. The lowest BCUT2D eigenvalue weighted by Crippen LogP contribution is -2.29. The highest BCUT2D eigenvalue weighted by atomic mass is 35.5. The molecule has 1 fully saturated rings. The first-order valence-corrected chi connectivity index (χ1v) is 7.63. The molecule has 1 aromatic rings. The molecular weight excluding hydrogens is 280 g/mol.